The van der Waals surface area contributed by atoms with E-state index in [2.05, 4.69) is 22.0 Å². The maximum Gasteiger partial charge on any atom is 0.277 e. The van der Waals surface area contributed by atoms with Gasteiger partial charge in [-0.3, -0.25) is 0 Å². The van der Waals surface area contributed by atoms with Crippen molar-refractivity contribution < 1.29 is 9.26 Å². The summed E-state index contributed by atoms with van der Waals surface area (Å²) in [5, 5.41) is 6.23. The molecule has 0 saturated heterocycles. The number of aromatic nitrogens is 3. The van der Waals surface area contributed by atoms with Gasteiger partial charge in [0.25, 0.3) is 5.89 Å². The fourth-order valence-corrected chi connectivity index (χ4v) is 2.14. The van der Waals surface area contributed by atoms with E-state index in [0.29, 0.717) is 29.1 Å². The second-order valence-corrected chi connectivity index (χ2v) is 4.65. The second kappa shape index (κ2) is 5.92. The van der Waals surface area contributed by atoms with Crippen LogP contribution in [0.2, 0.25) is 0 Å². The molecule has 0 aliphatic rings. The van der Waals surface area contributed by atoms with Crippen LogP contribution in [0.1, 0.15) is 38.6 Å². The van der Waals surface area contributed by atoms with Crippen LogP contribution in [0.25, 0.3) is 11.6 Å². The van der Waals surface area contributed by atoms with Gasteiger partial charge in [0.2, 0.25) is 5.82 Å². The first-order valence-electron chi connectivity index (χ1n) is 5.91. The van der Waals surface area contributed by atoms with Gasteiger partial charge in [0.05, 0.1) is 0 Å². The number of thiazole rings is 1. The van der Waals surface area contributed by atoms with Crippen LogP contribution in [0.3, 0.4) is 0 Å². The Kier molecular flexibility index (Phi) is 4.27. The van der Waals surface area contributed by atoms with Crippen LogP contribution in [0.15, 0.2) is 9.90 Å². The van der Waals surface area contributed by atoms with E-state index in [1.54, 1.807) is 5.38 Å². The molecule has 0 spiro atoms. The maximum atomic E-state index is 5.60. The van der Waals surface area contributed by atoms with E-state index in [-0.39, 0.29) is 6.10 Å². The molecule has 2 aromatic rings. The van der Waals surface area contributed by atoms with Gasteiger partial charge in [0.1, 0.15) is 11.8 Å². The standard InChI is InChI=1S/C11H16N4O2S/c1-3-5-8(16-4-2)9-14-10(17-15-9)7-6-18-11(12)13-7/h6,8H,3-5H2,1-2H3,(H2,12,13). The molecule has 0 aliphatic carbocycles. The molecule has 2 aromatic heterocycles. The Bertz CT molecular complexity index is 491. The van der Waals surface area contributed by atoms with E-state index in [1.165, 1.54) is 11.3 Å². The minimum Gasteiger partial charge on any atom is -0.375 e. The van der Waals surface area contributed by atoms with Gasteiger partial charge in [-0.25, -0.2) is 4.98 Å². The maximum absolute atomic E-state index is 5.60. The minimum atomic E-state index is -0.117. The Labute approximate surface area is 109 Å². The van der Waals surface area contributed by atoms with Gasteiger partial charge in [-0.15, -0.1) is 11.3 Å². The van der Waals surface area contributed by atoms with E-state index in [9.17, 15) is 0 Å². The molecule has 6 nitrogen and oxygen atoms in total. The van der Waals surface area contributed by atoms with Crippen molar-refractivity contribution >= 4 is 16.5 Å². The normalized spacial score (nSPS) is 12.8. The van der Waals surface area contributed by atoms with Gasteiger partial charge in [-0.2, -0.15) is 4.98 Å². The number of nitrogens with two attached hydrogens (primary N) is 1. The Morgan fingerprint density at radius 2 is 2.28 bits per heavy atom. The summed E-state index contributed by atoms with van der Waals surface area (Å²) in [6.07, 6.45) is 1.75. The van der Waals surface area contributed by atoms with Gasteiger partial charge < -0.3 is 15.0 Å². The fourth-order valence-electron chi connectivity index (χ4n) is 1.61. The molecular weight excluding hydrogens is 252 g/mol. The average molecular weight is 268 g/mol. The predicted molar refractivity (Wildman–Crippen MR) is 69.1 cm³/mol. The summed E-state index contributed by atoms with van der Waals surface area (Å²) in [5.41, 5.74) is 6.18. The number of nitrogens with zero attached hydrogens (tertiary/aromatic N) is 3. The molecule has 0 amide bonds. The minimum absolute atomic E-state index is 0.117. The van der Waals surface area contributed by atoms with Crippen molar-refractivity contribution in [3.63, 3.8) is 0 Å². The molecule has 0 fully saturated rings. The number of hydrogen-bond donors (Lipinski definition) is 1. The third-order valence-electron chi connectivity index (χ3n) is 2.39. The number of nitrogen functional groups attached to an aromatic ring is 1. The van der Waals surface area contributed by atoms with E-state index in [1.807, 2.05) is 6.92 Å². The number of hydrogen-bond acceptors (Lipinski definition) is 7. The summed E-state index contributed by atoms with van der Waals surface area (Å²) in [6.45, 7) is 4.66. The molecule has 2 N–H and O–H groups in total. The molecule has 2 heterocycles. The summed E-state index contributed by atoms with van der Waals surface area (Å²) >= 11 is 1.35. The van der Waals surface area contributed by atoms with Crippen molar-refractivity contribution in [2.75, 3.05) is 12.3 Å². The van der Waals surface area contributed by atoms with Crippen LogP contribution >= 0.6 is 11.3 Å². The Balaban J connectivity index is 2.18. The van der Waals surface area contributed by atoms with Crippen molar-refractivity contribution in [3.05, 3.63) is 11.2 Å². The second-order valence-electron chi connectivity index (χ2n) is 3.76. The topological polar surface area (TPSA) is 87.1 Å². The number of ether oxygens (including phenoxy) is 1. The summed E-state index contributed by atoms with van der Waals surface area (Å²) in [5.74, 6) is 0.957. The summed E-state index contributed by atoms with van der Waals surface area (Å²) in [7, 11) is 0. The van der Waals surface area contributed by atoms with E-state index < -0.39 is 0 Å². The zero-order valence-corrected chi connectivity index (χ0v) is 11.2. The Morgan fingerprint density at radius 1 is 1.44 bits per heavy atom. The molecular formula is C11H16N4O2S. The Morgan fingerprint density at radius 3 is 2.89 bits per heavy atom. The molecule has 18 heavy (non-hydrogen) atoms. The van der Waals surface area contributed by atoms with E-state index in [0.717, 1.165) is 12.8 Å². The van der Waals surface area contributed by atoms with Crippen molar-refractivity contribution in [3.8, 4) is 11.6 Å². The van der Waals surface area contributed by atoms with Gasteiger partial charge in [0.15, 0.2) is 5.13 Å². The lowest BCUT2D eigenvalue weighted by Gasteiger charge is -2.10. The SMILES string of the molecule is CCCC(OCC)c1noc(-c2csc(N)n2)n1. The summed E-state index contributed by atoms with van der Waals surface area (Å²) in [6, 6.07) is 0. The van der Waals surface area contributed by atoms with Gasteiger partial charge in [-0.1, -0.05) is 18.5 Å². The summed E-state index contributed by atoms with van der Waals surface area (Å²) < 4.78 is 10.8. The summed E-state index contributed by atoms with van der Waals surface area (Å²) in [4.78, 5) is 8.42. The van der Waals surface area contributed by atoms with Gasteiger partial charge in [0, 0.05) is 12.0 Å². The lowest BCUT2D eigenvalue weighted by atomic mass is 10.2. The quantitative estimate of drug-likeness (QED) is 0.866. The monoisotopic (exact) mass is 268 g/mol. The van der Waals surface area contributed by atoms with Crippen molar-refractivity contribution in [2.45, 2.75) is 32.8 Å². The van der Waals surface area contributed by atoms with Crippen molar-refractivity contribution in [2.24, 2.45) is 0 Å². The third kappa shape index (κ3) is 2.85. The molecule has 1 atom stereocenters. The van der Waals surface area contributed by atoms with Crippen LogP contribution in [-0.4, -0.2) is 21.7 Å². The highest BCUT2D eigenvalue weighted by Crippen LogP contribution is 2.25. The molecule has 1 unspecified atom stereocenters. The largest absolute Gasteiger partial charge is 0.375 e. The van der Waals surface area contributed by atoms with Crippen LogP contribution in [0, 0.1) is 0 Å². The Hall–Kier alpha value is -1.47. The third-order valence-corrected chi connectivity index (χ3v) is 3.06. The smallest absolute Gasteiger partial charge is 0.277 e. The molecule has 0 bridgehead atoms. The average Bonchev–Trinajstić information content (AvgIpc) is 2.97. The molecule has 2 rings (SSSR count). The number of rotatable bonds is 6. The van der Waals surface area contributed by atoms with Gasteiger partial charge in [-0.05, 0) is 13.3 Å². The highest BCUT2D eigenvalue weighted by molar-refractivity contribution is 7.13. The lowest BCUT2D eigenvalue weighted by Crippen LogP contribution is -2.05. The van der Waals surface area contributed by atoms with Gasteiger partial charge >= 0.3 is 0 Å². The zero-order valence-electron chi connectivity index (χ0n) is 10.4. The fraction of sp³-hybridized carbons (Fsp3) is 0.545. The molecule has 0 saturated carbocycles. The highest BCUT2D eigenvalue weighted by Gasteiger charge is 2.19. The first-order valence-corrected chi connectivity index (χ1v) is 6.79. The van der Waals surface area contributed by atoms with Crippen molar-refractivity contribution in [1.82, 2.24) is 15.1 Å². The van der Waals surface area contributed by atoms with E-state index >= 15 is 0 Å². The van der Waals surface area contributed by atoms with Crippen LogP contribution < -0.4 is 5.73 Å². The number of anilines is 1. The molecule has 0 aromatic carbocycles. The first kappa shape index (κ1) is 13.0. The van der Waals surface area contributed by atoms with Crippen molar-refractivity contribution in [1.29, 1.82) is 0 Å². The molecule has 0 aliphatic heterocycles. The van der Waals surface area contributed by atoms with Crippen LogP contribution in [-0.2, 0) is 4.74 Å². The van der Waals surface area contributed by atoms with Crippen LogP contribution in [0.4, 0.5) is 5.13 Å². The van der Waals surface area contributed by atoms with E-state index in [4.69, 9.17) is 15.0 Å². The zero-order chi connectivity index (χ0) is 13.0. The molecule has 98 valence electrons. The predicted octanol–water partition coefficient (Wildman–Crippen LogP) is 2.65. The highest BCUT2D eigenvalue weighted by atomic mass is 32.1. The molecule has 7 heteroatoms. The molecule has 0 radical (unpaired) electrons. The lowest BCUT2D eigenvalue weighted by molar-refractivity contribution is 0.0478. The first-order chi connectivity index (χ1) is 8.74. The van der Waals surface area contributed by atoms with Crippen LogP contribution in [0.5, 0.6) is 0 Å².